The summed E-state index contributed by atoms with van der Waals surface area (Å²) in [5.74, 6) is -0.924. The summed E-state index contributed by atoms with van der Waals surface area (Å²) in [5.41, 5.74) is 5.58. The maximum atomic E-state index is 12.6. The van der Waals surface area contributed by atoms with Gasteiger partial charge in [-0.25, -0.2) is 0 Å². The molecule has 2 aromatic rings. The fraction of sp³-hybridized carbons (Fsp3) is 0.133. The molecule has 0 amide bonds. The lowest BCUT2D eigenvalue weighted by molar-refractivity contribution is -0.138. The molecular formula is C15H12F3NO2S. The van der Waals surface area contributed by atoms with E-state index in [0.717, 1.165) is 17.0 Å². The number of halogens is 3. The second-order valence-corrected chi connectivity index (χ2v) is 5.68. The Morgan fingerprint density at radius 2 is 1.77 bits per heavy atom. The molecule has 0 aromatic heterocycles. The Morgan fingerprint density at radius 1 is 1.14 bits per heavy atom. The number of carboxylic acid groups (broad SMARTS) is 1. The normalized spacial score (nSPS) is 11.4. The van der Waals surface area contributed by atoms with E-state index in [2.05, 4.69) is 0 Å². The van der Waals surface area contributed by atoms with Gasteiger partial charge in [0.15, 0.2) is 0 Å². The summed E-state index contributed by atoms with van der Waals surface area (Å²) in [5, 5.41) is 8.69. The van der Waals surface area contributed by atoms with Gasteiger partial charge in [-0.05, 0) is 35.9 Å². The van der Waals surface area contributed by atoms with Crippen molar-refractivity contribution >= 4 is 23.4 Å². The number of benzene rings is 2. The molecule has 0 unspecified atom stereocenters. The molecule has 3 nitrogen and oxygen atoms in total. The highest BCUT2D eigenvalue weighted by molar-refractivity contribution is 7.99. The third-order valence-electron chi connectivity index (χ3n) is 2.84. The van der Waals surface area contributed by atoms with Crippen LogP contribution in [-0.2, 0) is 17.4 Å². The monoisotopic (exact) mass is 327 g/mol. The van der Waals surface area contributed by atoms with Crippen LogP contribution in [-0.4, -0.2) is 11.1 Å². The first-order valence-corrected chi connectivity index (χ1v) is 7.02. The number of carboxylic acids is 1. The molecule has 0 aliphatic heterocycles. The van der Waals surface area contributed by atoms with Crippen LogP contribution in [0.2, 0.25) is 0 Å². The topological polar surface area (TPSA) is 63.3 Å². The summed E-state index contributed by atoms with van der Waals surface area (Å²) in [6.45, 7) is 0. The second kappa shape index (κ2) is 6.31. The summed E-state index contributed by atoms with van der Waals surface area (Å²) < 4.78 is 37.7. The third kappa shape index (κ3) is 4.17. The molecule has 0 aliphatic rings. The van der Waals surface area contributed by atoms with E-state index >= 15 is 0 Å². The Hall–Kier alpha value is -2.15. The molecular weight excluding hydrogens is 315 g/mol. The van der Waals surface area contributed by atoms with Gasteiger partial charge in [0.05, 0.1) is 12.0 Å². The highest BCUT2D eigenvalue weighted by atomic mass is 32.2. The number of anilines is 1. The molecule has 0 atom stereocenters. The minimum absolute atomic E-state index is 0.0504. The molecule has 0 saturated carbocycles. The second-order valence-electron chi connectivity index (χ2n) is 4.57. The summed E-state index contributed by atoms with van der Waals surface area (Å²) in [7, 11) is 0. The average Bonchev–Trinajstić information content (AvgIpc) is 2.41. The van der Waals surface area contributed by atoms with E-state index in [0.29, 0.717) is 10.5 Å². The first-order valence-electron chi connectivity index (χ1n) is 6.21. The van der Waals surface area contributed by atoms with E-state index in [-0.39, 0.29) is 12.1 Å². The van der Waals surface area contributed by atoms with Crippen LogP contribution >= 0.6 is 11.8 Å². The fourth-order valence-electron chi connectivity index (χ4n) is 1.79. The number of nitrogens with two attached hydrogens (primary N) is 1. The van der Waals surface area contributed by atoms with Crippen molar-refractivity contribution in [2.24, 2.45) is 0 Å². The van der Waals surface area contributed by atoms with Gasteiger partial charge in [-0.3, -0.25) is 4.79 Å². The van der Waals surface area contributed by atoms with E-state index < -0.39 is 17.7 Å². The van der Waals surface area contributed by atoms with Gasteiger partial charge in [-0.2, -0.15) is 13.2 Å². The molecule has 0 radical (unpaired) electrons. The molecule has 0 heterocycles. The molecule has 0 spiro atoms. The highest BCUT2D eigenvalue weighted by Crippen LogP contribution is 2.36. The molecule has 7 heteroatoms. The van der Waals surface area contributed by atoms with Crippen LogP contribution in [0.5, 0.6) is 0 Å². The standard InChI is InChI=1S/C15H12F3NO2S/c16-15(17,18)10-3-6-13(12(19)8-10)22-11-4-1-9(2-5-11)7-14(20)21/h1-6,8H,7,19H2,(H,20,21). The minimum Gasteiger partial charge on any atom is -0.481 e. The van der Waals surface area contributed by atoms with Gasteiger partial charge in [0.2, 0.25) is 0 Å². The van der Waals surface area contributed by atoms with Gasteiger partial charge in [0.25, 0.3) is 0 Å². The highest BCUT2D eigenvalue weighted by Gasteiger charge is 2.30. The Labute approximate surface area is 128 Å². The number of alkyl halides is 3. The van der Waals surface area contributed by atoms with Gasteiger partial charge >= 0.3 is 12.1 Å². The Kier molecular flexibility index (Phi) is 4.65. The molecule has 3 N–H and O–H groups in total. The van der Waals surface area contributed by atoms with Crippen molar-refractivity contribution in [3.63, 3.8) is 0 Å². The van der Waals surface area contributed by atoms with Crippen molar-refractivity contribution < 1.29 is 23.1 Å². The van der Waals surface area contributed by atoms with Crippen molar-refractivity contribution in [2.45, 2.75) is 22.4 Å². The molecule has 2 rings (SSSR count). The lowest BCUT2D eigenvalue weighted by Crippen LogP contribution is -2.05. The maximum absolute atomic E-state index is 12.6. The van der Waals surface area contributed by atoms with Crippen LogP contribution in [0.3, 0.4) is 0 Å². The molecule has 22 heavy (non-hydrogen) atoms. The van der Waals surface area contributed by atoms with Crippen LogP contribution in [0.25, 0.3) is 0 Å². The lowest BCUT2D eigenvalue weighted by atomic mass is 10.2. The smallest absolute Gasteiger partial charge is 0.416 e. The number of hydrogen-bond acceptors (Lipinski definition) is 3. The van der Waals surface area contributed by atoms with Crippen molar-refractivity contribution in [2.75, 3.05) is 5.73 Å². The molecule has 0 bridgehead atoms. The third-order valence-corrected chi connectivity index (χ3v) is 3.94. The van der Waals surface area contributed by atoms with E-state index in [1.165, 1.54) is 17.8 Å². The van der Waals surface area contributed by atoms with Crippen LogP contribution in [0.15, 0.2) is 52.3 Å². The van der Waals surface area contributed by atoms with Crippen LogP contribution in [0, 0.1) is 0 Å². The van der Waals surface area contributed by atoms with Crippen molar-refractivity contribution in [1.82, 2.24) is 0 Å². The zero-order valence-electron chi connectivity index (χ0n) is 11.2. The zero-order chi connectivity index (χ0) is 16.3. The zero-order valence-corrected chi connectivity index (χ0v) is 12.0. The average molecular weight is 327 g/mol. The quantitative estimate of drug-likeness (QED) is 0.831. The van der Waals surface area contributed by atoms with Crippen molar-refractivity contribution in [1.29, 1.82) is 0 Å². The van der Waals surface area contributed by atoms with Gasteiger partial charge in [0, 0.05) is 15.5 Å². The number of rotatable bonds is 4. The first-order chi connectivity index (χ1) is 10.3. The van der Waals surface area contributed by atoms with Gasteiger partial charge < -0.3 is 10.8 Å². The Morgan fingerprint density at radius 3 is 2.27 bits per heavy atom. The lowest BCUT2D eigenvalue weighted by Gasteiger charge is -2.10. The Bertz CT molecular complexity index is 684. The first kappa shape index (κ1) is 16.2. The van der Waals surface area contributed by atoms with Gasteiger partial charge in [-0.15, -0.1) is 0 Å². The predicted molar refractivity (Wildman–Crippen MR) is 77.8 cm³/mol. The van der Waals surface area contributed by atoms with E-state index in [1.807, 2.05) is 0 Å². The molecule has 0 saturated heterocycles. The summed E-state index contributed by atoms with van der Waals surface area (Å²) in [4.78, 5) is 11.9. The van der Waals surface area contributed by atoms with Crippen molar-refractivity contribution in [3.8, 4) is 0 Å². The summed E-state index contributed by atoms with van der Waals surface area (Å²) >= 11 is 1.22. The van der Waals surface area contributed by atoms with Gasteiger partial charge in [0.1, 0.15) is 0 Å². The van der Waals surface area contributed by atoms with E-state index in [1.54, 1.807) is 24.3 Å². The summed E-state index contributed by atoms with van der Waals surface area (Å²) in [6.07, 6.45) is -4.50. The fourth-order valence-corrected chi connectivity index (χ4v) is 2.63. The molecule has 0 aliphatic carbocycles. The SMILES string of the molecule is Nc1cc(C(F)(F)F)ccc1Sc1ccc(CC(=O)O)cc1. The largest absolute Gasteiger partial charge is 0.481 e. The van der Waals surface area contributed by atoms with Gasteiger partial charge in [-0.1, -0.05) is 23.9 Å². The maximum Gasteiger partial charge on any atom is 0.416 e. The number of aliphatic carboxylic acids is 1. The predicted octanol–water partition coefficient (Wildman–Crippen LogP) is 4.07. The number of hydrogen-bond donors (Lipinski definition) is 2. The van der Waals surface area contributed by atoms with Crippen LogP contribution in [0.4, 0.5) is 18.9 Å². The molecule has 2 aromatic carbocycles. The number of carbonyl (C=O) groups is 1. The number of nitrogen functional groups attached to an aromatic ring is 1. The van der Waals surface area contributed by atoms with E-state index in [9.17, 15) is 18.0 Å². The summed E-state index contributed by atoms with van der Waals surface area (Å²) in [6, 6.07) is 9.96. The van der Waals surface area contributed by atoms with Crippen LogP contribution in [0.1, 0.15) is 11.1 Å². The van der Waals surface area contributed by atoms with Crippen LogP contribution < -0.4 is 5.73 Å². The minimum atomic E-state index is -4.42. The molecule has 0 fully saturated rings. The van der Waals surface area contributed by atoms with Crippen molar-refractivity contribution in [3.05, 3.63) is 53.6 Å². The van der Waals surface area contributed by atoms with E-state index in [4.69, 9.17) is 10.8 Å². The molecule has 116 valence electrons. The Balaban J connectivity index is 2.15.